The average molecular weight is 1640 g/mol. The lowest BCUT2D eigenvalue weighted by atomic mass is 10.00. The highest BCUT2D eigenvalue weighted by Crippen LogP contribution is 2.25. The van der Waals surface area contributed by atoms with Crippen LogP contribution in [0, 0.1) is 0 Å². The number of primary amides is 1. The number of fused-ring (bicyclic) bond motifs is 1. The molecule has 0 aliphatic carbocycles. The molecule has 1 saturated heterocycles. The van der Waals surface area contributed by atoms with Gasteiger partial charge >= 0.3 is 5.97 Å². The molecule has 1 aliphatic rings. The van der Waals surface area contributed by atoms with Crippen molar-refractivity contribution in [3.05, 3.63) is 144 Å². The van der Waals surface area contributed by atoms with E-state index in [1.54, 1.807) is 121 Å². The highest BCUT2D eigenvalue weighted by Gasteiger charge is 2.40. The van der Waals surface area contributed by atoms with Gasteiger partial charge in [-0.15, -0.1) is 0 Å². The molecule has 1 fully saturated rings. The second-order valence-corrected chi connectivity index (χ2v) is 30.1. The van der Waals surface area contributed by atoms with Crippen LogP contribution < -0.4 is 92.1 Å². The summed E-state index contributed by atoms with van der Waals surface area (Å²) >= 11 is 0. The van der Waals surface area contributed by atoms with Gasteiger partial charge in [0.15, 0.2) is 0 Å². The molecular weight excluding hydrogens is 1530 g/mol. The molecule has 1 aliphatic heterocycles. The van der Waals surface area contributed by atoms with E-state index >= 15 is 14.4 Å². The molecule has 14 amide bonds. The van der Waals surface area contributed by atoms with E-state index in [4.69, 9.17) is 22.9 Å². The Bertz CT molecular complexity index is 4130. The zero-order chi connectivity index (χ0) is 84.3. The number of benzene rings is 4. The molecule has 15 atom stereocenters. The summed E-state index contributed by atoms with van der Waals surface area (Å²) in [6.07, 6.45) is -3.48. The van der Waals surface area contributed by atoms with Crippen LogP contribution in [0.3, 0.4) is 0 Å². The van der Waals surface area contributed by atoms with Gasteiger partial charge in [0.1, 0.15) is 72.5 Å². The number of rotatable bonds is 26. The number of aliphatic carboxylic acids is 1. The van der Waals surface area contributed by atoms with Crippen LogP contribution in [0.2, 0.25) is 0 Å². The number of unbranched alkanes of at least 4 members (excludes halogenated alkanes) is 2. The fraction of sp³-hybridized carbons (Fsp3) is 0.461. The number of aromatic amines is 1. The Morgan fingerprint density at radius 3 is 1.30 bits per heavy atom. The van der Waals surface area contributed by atoms with Crippen molar-refractivity contribution in [3.8, 4) is 0 Å². The number of hydrogen-bond donors (Lipinski definition) is 22. The molecule has 4 aromatic carbocycles. The van der Waals surface area contributed by atoms with Crippen LogP contribution in [0.4, 0.5) is 0 Å². The first-order valence-electron chi connectivity index (χ1n) is 37.4. The third kappa shape index (κ3) is 30.7. The lowest BCUT2D eigenvalue weighted by Crippen LogP contribution is -2.63. The highest BCUT2D eigenvalue weighted by atomic mass is 33.1. The predicted molar refractivity (Wildman–Crippen MR) is 425 cm³/mol. The molecule has 624 valence electrons. The topological polar surface area (TPSA) is 613 Å². The van der Waals surface area contributed by atoms with Crippen LogP contribution in [0.15, 0.2) is 121 Å². The number of carboxylic acid groups (broad SMARTS) is 1. The molecule has 26 N–H and O–H groups in total. The SMILES string of the molecule is C[C@H](N)C(=O)NCC(=O)N[C@H]1CSSC[C@@H](C(=O)O)NC(=O)[C@H](CO)NC(=O)[C@@H]([C@H](C)O)NC(=O)[C@H](Cc2ccccc2)NC(=O)[C@@H]([C@H](C)O)NC(=O)[C@@H](CCCCN)NC(=O)[C@H](Cc2c[nH]c3ccccc23)NC(=O)[C@@H](Cc2ccccc2)NC(=O)[C@H](Cc2ccccc2)NC(=O)[C@@H](CC(N)=O)NC(=O)[C@H](CCCCN)NC1=O. The standard InChI is InChI=1S/C76H104N18O19S2/c1-41(79)64(100)82-37-61(99)83-58-39-114-115-40-59(76(112)113)92-72(108)57(38-95)91-75(111)63(43(3)97)94-71(107)54(33-46-23-11-6-12-24-46)90-74(110)62(42(2)96)93-66(102)51(28-16-18-30-78)84-69(105)55(34-47-36-81-49-26-14-13-25-48(47)49)88-68(104)53(32-45-21-9-5-10-22-45)86-67(103)52(31-44-19-7-4-8-20-44)87-70(106)56(35-60(80)98)89-65(101)50(85-73(58)109)27-15-17-29-77/h4-14,19-26,36,41-43,50-59,62-63,81,95-97H,15-18,27-35,37-40,77-79H2,1-3H3,(H2,80,98)(H,82,100)(H,83,99)(H,84,105)(H,85,109)(H,86,103)(H,87,106)(H,88,104)(H,89,101)(H,90,110)(H,91,111)(H,92,108)(H,93,102)(H,94,107)(H,112,113)/t41-,42-,43-,50-,51+,52-,53+,54-,55-,56+,57-,58-,59-,62+,63+/m0/s1. The summed E-state index contributed by atoms with van der Waals surface area (Å²) in [4.78, 5) is 217. The number of aliphatic hydroxyl groups is 3. The summed E-state index contributed by atoms with van der Waals surface area (Å²) in [6, 6.07) is 9.57. The number of amides is 14. The van der Waals surface area contributed by atoms with Gasteiger partial charge < -0.3 is 117 Å². The van der Waals surface area contributed by atoms with Crippen LogP contribution in [0.25, 0.3) is 10.9 Å². The van der Waals surface area contributed by atoms with Crippen molar-refractivity contribution in [1.29, 1.82) is 0 Å². The molecule has 0 bridgehead atoms. The Hall–Kier alpha value is -11.1. The smallest absolute Gasteiger partial charge is 0.327 e. The number of aromatic nitrogens is 1. The molecule has 2 heterocycles. The van der Waals surface area contributed by atoms with Crippen molar-refractivity contribution >= 4 is 121 Å². The van der Waals surface area contributed by atoms with Gasteiger partial charge in [-0.2, -0.15) is 0 Å². The molecule has 0 radical (unpaired) electrons. The summed E-state index contributed by atoms with van der Waals surface area (Å²) in [5.41, 5.74) is 25.6. The molecule has 115 heavy (non-hydrogen) atoms. The van der Waals surface area contributed by atoms with Crippen molar-refractivity contribution in [2.75, 3.05) is 37.7 Å². The minimum atomic E-state index is -1.99. The number of hydrogen-bond acceptors (Lipinski definition) is 23. The largest absolute Gasteiger partial charge is 0.480 e. The summed E-state index contributed by atoms with van der Waals surface area (Å²) < 4.78 is 0. The van der Waals surface area contributed by atoms with Crippen LogP contribution in [0.5, 0.6) is 0 Å². The molecule has 0 saturated carbocycles. The van der Waals surface area contributed by atoms with E-state index in [2.05, 4.69) is 74.1 Å². The van der Waals surface area contributed by atoms with Gasteiger partial charge in [-0.1, -0.05) is 131 Å². The second kappa shape index (κ2) is 47.6. The zero-order valence-electron chi connectivity index (χ0n) is 63.8. The first kappa shape index (κ1) is 92.8. The van der Waals surface area contributed by atoms with Crippen molar-refractivity contribution in [2.45, 2.75) is 182 Å². The van der Waals surface area contributed by atoms with Crippen molar-refractivity contribution in [3.63, 3.8) is 0 Å². The quantitative estimate of drug-likeness (QED) is 0.0182. The van der Waals surface area contributed by atoms with Crippen LogP contribution in [0.1, 0.15) is 88.0 Å². The van der Waals surface area contributed by atoms with Crippen molar-refractivity contribution in [1.82, 2.24) is 74.1 Å². The maximum absolute atomic E-state index is 15.4. The van der Waals surface area contributed by atoms with E-state index in [0.717, 1.165) is 35.4 Å². The predicted octanol–water partition coefficient (Wildman–Crippen LogP) is -4.91. The normalized spacial score (nSPS) is 23.7. The van der Waals surface area contributed by atoms with Crippen LogP contribution in [-0.4, -0.2) is 243 Å². The minimum Gasteiger partial charge on any atom is -0.480 e. The number of nitrogens with one attached hydrogen (secondary N) is 14. The van der Waals surface area contributed by atoms with Crippen LogP contribution in [-0.2, 0) is 97.6 Å². The minimum absolute atomic E-state index is 0.104. The Morgan fingerprint density at radius 2 is 0.852 bits per heavy atom. The fourth-order valence-electron chi connectivity index (χ4n) is 11.9. The lowest BCUT2D eigenvalue weighted by molar-refractivity contribution is -0.142. The van der Waals surface area contributed by atoms with Gasteiger partial charge in [0.05, 0.1) is 37.8 Å². The van der Waals surface area contributed by atoms with E-state index in [0.29, 0.717) is 39.6 Å². The number of para-hydroxylation sites is 1. The Kier molecular flexibility index (Phi) is 38.4. The number of H-pyrrole nitrogens is 1. The van der Waals surface area contributed by atoms with Gasteiger partial charge in [0, 0.05) is 54.3 Å². The summed E-state index contributed by atoms with van der Waals surface area (Å²) in [6.45, 7) is 1.88. The molecule has 0 unspecified atom stereocenters. The van der Waals surface area contributed by atoms with Crippen LogP contribution >= 0.6 is 21.6 Å². The maximum Gasteiger partial charge on any atom is 0.327 e. The third-order valence-corrected chi connectivity index (χ3v) is 20.7. The second-order valence-electron chi connectivity index (χ2n) is 27.6. The van der Waals surface area contributed by atoms with E-state index in [1.165, 1.54) is 6.92 Å². The first-order valence-corrected chi connectivity index (χ1v) is 39.8. The van der Waals surface area contributed by atoms with E-state index in [1.807, 2.05) is 0 Å². The number of carbonyl (C=O) groups excluding carboxylic acids is 14. The average Bonchev–Trinajstić information content (AvgIpc) is 1.71. The number of aliphatic hydroxyl groups excluding tert-OH is 3. The van der Waals surface area contributed by atoms with E-state index in [9.17, 15) is 78.0 Å². The van der Waals surface area contributed by atoms with Gasteiger partial charge in [0.25, 0.3) is 0 Å². The molecule has 5 aromatic rings. The lowest BCUT2D eigenvalue weighted by Gasteiger charge is -2.29. The van der Waals surface area contributed by atoms with Gasteiger partial charge in [-0.3, -0.25) is 67.1 Å². The summed E-state index contributed by atoms with van der Waals surface area (Å²) in [5.74, 6) is -17.7. The maximum atomic E-state index is 15.4. The van der Waals surface area contributed by atoms with Crippen molar-refractivity contribution < 1.29 is 92.3 Å². The number of carboxylic acids is 1. The van der Waals surface area contributed by atoms with E-state index < -0.39 is 210 Å². The Balaban J connectivity index is 1.47. The Labute approximate surface area is 670 Å². The highest BCUT2D eigenvalue weighted by molar-refractivity contribution is 8.76. The Morgan fingerprint density at radius 1 is 0.470 bits per heavy atom. The van der Waals surface area contributed by atoms with Crippen molar-refractivity contribution in [2.24, 2.45) is 22.9 Å². The molecule has 37 nitrogen and oxygen atoms in total. The number of nitrogens with two attached hydrogens (primary N) is 4. The fourth-order valence-corrected chi connectivity index (χ4v) is 14.3. The summed E-state index contributed by atoms with van der Waals surface area (Å²) in [5, 5.41) is 76.1. The molecule has 0 spiro atoms. The number of carbonyl (C=O) groups is 15. The van der Waals surface area contributed by atoms with E-state index in [-0.39, 0.29) is 70.9 Å². The molecule has 6 rings (SSSR count). The third-order valence-electron chi connectivity index (χ3n) is 18.3. The molecule has 39 heteroatoms. The summed E-state index contributed by atoms with van der Waals surface area (Å²) in [7, 11) is 1.49. The van der Waals surface area contributed by atoms with Gasteiger partial charge in [-0.05, 0) is 101 Å². The van der Waals surface area contributed by atoms with Gasteiger partial charge in [-0.25, -0.2) is 4.79 Å². The molecule has 1 aromatic heterocycles. The first-order chi connectivity index (χ1) is 54.9. The monoisotopic (exact) mass is 1640 g/mol. The van der Waals surface area contributed by atoms with Gasteiger partial charge in [0.2, 0.25) is 82.7 Å². The molecular formula is C76H104N18O19S2. The zero-order valence-corrected chi connectivity index (χ0v) is 65.4.